The Labute approximate surface area is 130 Å². The van der Waals surface area contributed by atoms with E-state index < -0.39 is 0 Å². The van der Waals surface area contributed by atoms with Crippen LogP contribution >= 0.6 is 12.4 Å². The fraction of sp³-hybridized carbons (Fsp3) is 0.438. The van der Waals surface area contributed by atoms with E-state index in [0.717, 1.165) is 55.6 Å². The highest BCUT2D eigenvalue weighted by Gasteiger charge is 2.35. The predicted molar refractivity (Wildman–Crippen MR) is 84.1 cm³/mol. The lowest BCUT2D eigenvalue weighted by molar-refractivity contribution is 0.306. The molecule has 0 bridgehead atoms. The largest absolute Gasteiger partial charge is 0.316 e. The van der Waals surface area contributed by atoms with Gasteiger partial charge in [0.05, 0.1) is 5.52 Å². The number of nitrogens with zero attached hydrogens (tertiary/aromatic N) is 2. The van der Waals surface area contributed by atoms with E-state index >= 15 is 0 Å². The Kier molecular flexibility index (Phi) is 4.11. The summed E-state index contributed by atoms with van der Waals surface area (Å²) in [6.07, 6.45) is 1.74. The molecule has 0 spiro atoms. The third-order valence-electron chi connectivity index (χ3n) is 4.66. The van der Waals surface area contributed by atoms with Crippen LogP contribution in [-0.4, -0.2) is 36.1 Å². The summed E-state index contributed by atoms with van der Waals surface area (Å²) >= 11 is 0. The number of likely N-dealkylation sites (tertiary alicyclic amines) is 1. The van der Waals surface area contributed by atoms with Crippen LogP contribution in [0.1, 0.15) is 5.56 Å². The van der Waals surface area contributed by atoms with Crippen LogP contribution in [0.2, 0.25) is 0 Å². The maximum Gasteiger partial charge on any atom is 0.132 e. The molecule has 1 aromatic carbocycles. The Balaban J connectivity index is 0.00000132. The van der Waals surface area contributed by atoms with Crippen molar-refractivity contribution in [3.63, 3.8) is 0 Å². The second-order valence-electron chi connectivity index (χ2n) is 5.98. The summed E-state index contributed by atoms with van der Waals surface area (Å²) in [5.74, 6) is 1.39. The number of benzene rings is 1. The van der Waals surface area contributed by atoms with Crippen molar-refractivity contribution >= 4 is 23.3 Å². The van der Waals surface area contributed by atoms with E-state index in [9.17, 15) is 4.39 Å². The molecule has 1 N–H and O–H groups in total. The van der Waals surface area contributed by atoms with Crippen LogP contribution in [0.15, 0.2) is 30.5 Å². The van der Waals surface area contributed by atoms with Gasteiger partial charge in [0.2, 0.25) is 0 Å². The van der Waals surface area contributed by atoms with Gasteiger partial charge in [-0.15, -0.1) is 12.4 Å². The molecule has 1 aromatic heterocycles. The first-order valence-corrected chi connectivity index (χ1v) is 7.26. The summed E-state index contributed by atoms with van der Waals surface area (Å²) in [6, 6.07) is 7.06. The molecule has 21 heavy (non-hydrogen) atoms. The van der Waals surface area contributed by atoms with E-state index in [2.05, 4.69) is 15.2 Å². The van der Waals surface area contributed by atoms with Gasteiger partial charge in [0, 0.05) is 31.2 Å². The van der Waals surface area contributed by atoms with Gasteiger partial charge in [0.15, 0.2) is 0 Å². The number of nitrogens with one attached hydrogen (secondary N) is 1. The molecule has 4 rings (SSSR count). The fourth-order valence-electron chi connectivity index (χ4n) is 3.65. The van der Waals surface area contributed by atoms with Gasteiger partial charge >= 0.3 is 0 Å². The van der Waals surface area contributed by atoms with Gasteiger partial charge in [-0.05, 0) is 48.7 Å². The SMILES string of the molecule is Cl.Fc1ccc(CN2C[C@H]3CNC[C@H]3C2)c2ncccc12. The molecular formula is C16H19ClFN3. The van der Waals surface area contributed by atoms with Gasteiger partial charge in [0.1, 0.15) is 5.82 Å². The smallest absolute Gasteiger partial charge is 0.132 e. The lowest BCUT2D eigenvalue weighted by Crippen LogP contribution is -2.25. The molecule has 2 aliphatic heterocycles. The van der Waals surface area contributed by atoms with Crippen molar-refractivity contribution in [3.8, 4) is 0 Å². The maximum atomic E-state index is 13.8. The van der Waals surface area contributed by atoms with Gasteiger partial charge < -0.3 is 5.32 Å². The van der Waals surface area contributed by atoms with Gasteiger partial charge in [-0.2, -0.15) is 0 Å². The van der Waals surface area contributed by atoms with E-state index in [4.69, 9.17) is 0 Å². The molecule has 3 nitrogen and oxygen atoms in total. The highest BCUT2D eigenvalue weighted by Crippen LogP contribution is 2.29. The Morgan fingerprint density at radius 2 is 1.95 bits per heavy atom. The first-order valence-electron chi connectivity index (χ1n) is 7.26. The molecule has 2 atom stereocenters. The standard InChI is InChI=1S/C16H18FN3.ClH/c17-15-4-3-11(16-14(15)2-1-5-19-16)8-20-9-12-6-18-7-13(12)10-20;/h1-5,12-13,18H,6-10H2;1H/t12-,13+;. The third-order valence-corrected chi connectivity index (χ3v) is 4.66. The van der Waals surface area contributed by atoms with Crippen LogP contribution in [0.3, 0.4) is 0 Å². The van der Waals surface area contributed by atoms with Gasteiger partial charge in [-0.25, -0.2) is 4.39 Å². The second-order valence-corrected chi connectivity index (χ2v) is 5.98. The summed E-state index contributed by atoms with van der Waals surface area (Å²) in [7, 11) is 0. The molecule has 2 aliphatic rings. The zero-order chi connectivity index (χ0) is 13.5. The molecule has 0 amide bonds. The van der Waals surface area contributed by atoms with Crippen molar-refractivity contribution in [1.29, 1.82) is 0 Å². The van der Waals surface area contributed by atoms with Gasteiger partial charge in [0.25, 0.3) is 0 Å². The molecule has 2 saturated heterocycles. The number of pyridine rings is 1. The number of hydrogen-bond donors (Lipinski definition) is 1. The molecule has 0 aliphatic carbocycles. The Morgan fingerprint density at radius 3 is 2.71 bits per heavy atom. The first kappa shape index (κ1) is 14.7. The Bertz CT molecular complexity index is 636. The van der Waals surface area contributed by atoms with E-state index in [1.54, 1.807) is 18.3 Å². The minimum absolute atomic E-state index is 0. The quantitative estimate of drug-likeness (QED) is 0.924. The third kappa shape index (κ3) is 2.63. The molecule has 5 heteroatoms. The van der Waals surface area contributed by atoms with Crippen molar-refractivity contribution < 1.29 is 4.39 Å². The van der Waals surface area contributed by atoms with Crippen molar-refractivity contribution in [2.24, 2.45) is 11.8 Å². The number of aromatic nitrogens is 1. The Morgan fingerprint density at radius 1 is 1.19 bits per heavy atom. The molecule has 3 heterocycles. The molecule has 2 aromatic rings. The average Bonchev–Trinajstić information content (AvgIpc) is 3.03. The summed E-state index contributed by atoms with van der Waals surface area (Å²) in [4.78, 5) is 6.86. The van der Waals surface area contributed by atoms with Crippen LogP contribution in [0, 0.1) is 17.7 Å². The number of rotatable bonds is 2. The Hall–Kier alpha value is -1.23. The van der Waals surface area contributed by atoms with E-state index in [1.165, 1.54) is 0 Å². The van der Waals surface area contributed by atoms with Gasteiger partial charge in [-0.1, -0.05) is 6.07 Å². The highest BCUT2D eigenvalue weighted by molar-refractivity contribution is 5.85. The predicted octanol–water partition coefficient (Wildman–Crippen LogP) is 2.45. The van der Waals surface area contributed by atoms with Crippen LogP contribution in [-0.2, 0) is 6.54 Å². The summed E-state index contributed by atoms with van der Waals surface area (Å²) in [5.41, 5.74) is 1.94. The van der Waals surface area contributed by atoms with Crippen molar-refractivity contribution in [3.05, 3.63) is 41.8 Å². The lowest BCUT2D eigenvalue weighted by atomic mass is 10.0. The fourth-order valence-corrected chi connectivity index (χ4v) is 3.65. The van der Waals surface area contributed by atoms with Crippen LogP contribution in [0.25, 0.3) is 10.9 Å². The molecule has 0 saturated carbocycles. The van der Waals surface area contributed by atoms with E-state index in [0.29, 0.717) is 5.39 Å². The lowest BCUT2D eigenvalue weighted by Gasteiger charge is -2.18. The van der Waals surface area contributed by atoms with Gasteiger partial charge in [-0.3, -0.25) is 9.88 Å². The molecular weight excluding hydrogens is 289 g/mol. The zero-order valence-corrected chi connectivity index (χ0v) is 12.6. The van der Waals surface area contributed by atoms with Crippen molar-refractivity contribution in [1.82, 2.24) is 15.2 Å². The number of fused-ring (bicyclic) bond motifs is 2. The summed E-state index contributed by atoms with van der Waals surface area (Å²) < 4.78 is 13.8. The topological polar surface area (TPSA) is 28.2 Å². The second kappa shape index (κ2) is 5.87. The molecule has 0 radical (unpaired) electrons. The zero-order valence-electron chi connectivity index (χ0n) is 11.8. The molecule has 2 fully saturated rings. The highest BCUT2D eigenvalue weighted by atomic mass is 35.5. The number of halogens is 2. The van der Waals surface area contributed by atoms with E-state index in [-0.39, 0.29) is 18.2 Å². The first-order chi connectivity index (χ1) is 9.81. The molecule has 0 unspecified atom stereocenters. The van der Waals surface area contributed by atoms with Crippen molar-refractivity contribution in [2.75, 3.05) is 26.2 Å². The number of hydrogen-bond acceptors (Lipinski definition) is 3. The maximum absolute atomic E-state index is 13.8. The van der Waals surface area contributed by atoms with Crippen LogP contribution in [0.5, 0.6) is 0 Å². The minimum Gasteiger partial charge on any atom is -0.316 e. The summed E-state index contributed by atoms with van der Waals surface area (Å²) in [5, 5.41) is 4.09. The summed E-state index contributed by atoms with van der Waals surface area (Å²) in [6.45, 7) is 5.45. The van der Waals surface area contributed by atoms with E-state index in [1.807, 2.05) is 12.1 Å². The van der Waals surface area contributed by atoms with Crippen molar-refractivity contribution in [2.45, 2.75) is 6.54 Å². The van der Waals surface area contributed by atoms with Crippen LogP contribution in [0.4, 0.5) is 4.39 Å². The average molecular weight is 308 g/mol. The monoisotopic (exact) mass is 307 g/mol. The molecule has 112 valence electrons. The minimum atomic E-state index is -0.181. The van der Waals surface area contributed by atoms with Crippen LogP contribution < -0.4 is 5.32 Å². The normalized spacial score (nSPS) is 25.0.